The van der Waals surface area contributed by atoms with Gasteiger partial charge in [-0.1, -0.05) is 41.4 Å². The molecule has 8 heteroatoms. The molecule has 1 amide bonds. The van der Waals surface area contributed by atoms with Crippen molar-refractivity contribution in [3.8, 4) is 0 Å². The molecule has 0 bridgehead atoms. The smallest absolute Gasteiger partial charge is 0.261 e. The number of hydrogen-bond acceptors (Lipinski definition) is 4. The highest BCUT2D eigenvalue weighted by Crippen LogP contribution is 2.43. The van der Waals surface area contributed by atoms with Crippen LogP contribution in [0.3, 0.4) is 0 Å². The van der Waals surface area contributed by atoms with Crippen molar-refractivity contribution in [3.05, 3.63) is 87.2 Å². The summed E-state index contributed by atoms with van der Waals surface area (Å²) in [6, 6.07) is 13.8. The van der Waals surface area contributed by atoms with E-state index in [4.69, 9.17) is 23.2 Å². The molecule has 0 radical (unpaired) electrons. The standard InChI is InChI=1S/C23H18Cl2N4O2/c24-13-8-10-14(11-9-13)27-23(31)16-12-26-29-21(15-4-1-2-5-17(15)25)20-18(28-22(16)29)6-3-7-19(20)30/h1-2,4-5,8-12,21,28H,3,6-7H2,(H,27,31)/t21-/m0/s1. The van der Waals surface area contributed by atoms with Crippen molar-refractivity contribution in [2.45, 2.75) is 25.3 Å². The number of allylic oxidation sites excluding steroid dienone is 2. The lowest BCUT2D eigenvalue weighted by molar-refractivity contribution is -0.116. The number of fused-ring (bicyclic) bond motifs is 1. The van der Waals surface area contributed by atoms with E-state index in [1.165, 1.54) is 6.20 Å². The fourth-order valence-electron chi connectivity index (χ4n) is 4.14. The minimum absolute atomic E-state index is 0.0759. The molecule has 6 nitrogen and oxygen atoms in total. The van der Waals surface area contributed by atoms with Crippen molar-refractivity contribution < 1.29 is 9.59 Å². The number of anilines is 2. The number of halogens is 2. The third kappa shape index (κ3) is 3.52. The van der Waals surface area contributed by atoms with Gasteiger partial charge in [0.1, 0.15) is 17.4 Å². The molecule has 1 aliphatic carbocycles. The van der Waals surface area contributed by atoms with Crippen molar-refractivity contribution in [1.82, 2.24) is 9.78 Å². The van der Waals surface area contributed by atoms with E-state index < -0.39 is 6.04 Å². The van der Waals surface area contributed by atoms with E-state index in [1.807, 2.05) is 18.2 Å². The molecule has 1 aliphatic heterocycles. The number of rotatable bonds is 3. The number of carbonyl (C=O) groups is 2. The Bertz CT molecular complexity index is 1230. The average Bonchev–Trinajstić information content (AvgIpc) is 3.18. The summed E-state index contributed by atoms with van der Waals surface area (Å²) in [4.78, 5) is 25.9. The molecule has 156 valence electrons. The lowest BCUT2D eigenvalue weighted by Gasteiger charge is -2.33. The molecule has 0 unspecified atom stereocenters. The van der Waals surface area contributed by atoms with Crippen LogP contribution >= 0.6 is 23.2 Å². The molecule has 0 saturated carbocycles. The van der Waals surface area contributed by atoms with Crippen LogP contribution in [-0.4, -0.2) is 21.5 Å². The van der Waals surface area contributed by atoms with Gasteiger partial charge in [0.15, 0.2) is 5.78 Å². The van der Waals surface area contributed by atoms with Crippen molar-refractivity contribution in [2.75, 3.05) is 10.6 Å². The van der Waals surface area contributed by atoms with Gasteiger partial charge in [-0.2, -0.15) is 5.10 Å². The lowest BCUT2D eigenvalue weighted by atomic mass is 9.85. The molecule has 2 aromatic carbocycles. The SMILES string of the molecule is O=C1CCCC2=C1[C@H](c1ccccc1Cl)n1ncc(C(=O)Nc3ccc(Cl)cc3)c1N2. The van der Waals surface area contributed by atoms with Gasteiger partial charge < -0.3 is 10.6 Å². The Balaban J connectivity index is 1.58. The molecule has 3 aromatic rings. The number of ketones is 1. The van der Waals surface area contributed by atoms with Crippen molar-refractivity contribution >= 4 is 46.4 Å². The Morgan fingerprint density at radius 1 is 1.10 bits per heavy atom. The van der Waals surface area contributed by atoms with Gasteiger partial charge >= 0.3 is 0 Å². The first-order valence-corrected chi connectivity index (χ1v) is 10.7. The molecular formula is C23H18Cl2N4O2. The number of nitrogens with one attached hydrogen (secondary N) is 2. The van der Waals surface area contributed by atoms with Crippen molar-refractivity contribution in [3.63, 3.8) is 0 Å². The van der Waals surface area contributed by atoms with Crippen LogP contribution in [0.5, 0.6) is 0 Å². The van der Waals surface area contributed by atoms with Crippen LogP contribution in [0, 0.1) is 0 Å². The van der Waals surface area contributed by atoms with Crippen LogP contribution < -0.4 is 10.6 Å². The second kappa shape index (κ2) is 7.87. The van der Waals surface area contributed by atoms with Crippen LogP contribution in [-0.2, 0) is 4.79 Å². The fourth-order valence-corrected chi connectivity index (χ4v) is 4.51. The van der Waals surface area contributed by atoms with Crippen LogP contribution in [0.15, 0.2) is 66.0 Å². The maximum absolute atomic E-state index is 13.0. The Morgan fingerprint density at radius 3 is 2.65 bits per heavy atom. The summed E-state index contributed by atoms with van der Waals surface area (Å²) in [5.74, 6) is 0.317. The minimum Gasteiger partial charge on any atom is -0.343 e. The summed E-state index contributed by atoms with van der Waals surface area (Å²) in [5.41, 5.74) is 3.29. The zero-order valence-corrected chi connectivity index (χ0v) is 17.9. The summed E-state index contributed by atoms with van der Waals surface area (Å²) in [6.45, 7) is 0. The third-order valence-corrected chi connectivity index (χ3v) is 6.18. The van der Waals surface area contributed by atoms with E-state index in [0.29, 0.717) is 39.1 Å². The number of amides is 1. The van der Waals surface area contributed by atoms with E-state index in [1.54, 1.807) is 35.0 Å². The first kappa shape index (κ1) is 19.8. The minimum atomic E-state index is -0.482. The van der Waals surface area contributed by atoms with E-state index in [-0.39, 0.29) is 11.7 Å². The largest absolute Gasteiger partial charge is 0.343 e. The number of benzene rings is 2. The highest BCUT2D eigenvalue weighted by atomic mass is 35.5. The quantitative estimate of drug-likeness (QED) is 0.552. The molecule has 1 aromatic heterocycles. The first-order valence-electron chi connectivity index (χ1n) is 9.95. The van der Waals surface area contributed by atoms with Gasteiger partial charge in [0.05, 0.1) is 6.20 Å². The second-order valence-electron chi connectivity index (χ2n) is 7.53. The number of nitrogens with zero attached hydrogens (tertiary/aromatic N) is 2. The van der Waals surface area contributed by atoms with E-state index in [0.717, 1.165) is 24.1 Å². The van der Waals surface area contributed by atoms with Gasteiger partial charge in [-0.25, -0.2) is 4.68 Å². The van der Waals surface area contributed by atoms with Gasteiger partial charge in [0.2, 0.25) is 0 Å². The first-order chi connectivity index (χ1) is 15.0. The summed E-state index contributed by atoms with van der Waals surface area (Å²) in [7, 11) is 0. The lowest BCUT2D eigenvalue weighted by Crippen LogP contribution is -2.32. The molecule has 2 heterocycles. The third-order valence-electron chi connectivity index (χ3n) is 5.59. The molecule has 0 saturated heterocycles. The molecule has 0 fully saturated rings. The van der Waals surface area contributed by atoms with Crippen LogP contribution in [0.25, 0.3) is 0 Å². The number of carbonyl (C=O) groups excluding carboxylic acids is 2. The number of hydrogen-bond donors (Lipinski definition) is 2. The molecule has 2 aliphatic rings. The van der Waals surface area contributed by atoms with Crippen LogP contribution in [0.2, 0.25) is 10.0 Å². The molecule has 31 heavy (non-hydrogen) atoms. The molecule has 5 rings (SSSR count). The van der Waals surface area contributed by atoms with Crippen molar-refractivity contribution in [2.24, 2.45) is 0 Å². The topological polar surface area (TPSA) is 76.0 Å². The maximum Gasteiger partial charge on any atom is 0.261 e. The van der Waals surface area contributed by atoms with Gasteiger partial charge in [-0.3, -0.25) is 9.59 Å². The zero-order chi connectivity index (χ0) is 21.5. The van der Waals surface area contributed by atoms with Gasteiger partial charge in [0.25, 0.3) is 5.91 Å². The summed E-state index contributed by atoms with van der Waals surface area (Å²) < 4.78 is 1.68. The number of aromatic nitrogens is 2. The monoisotopic (exact) mass is 452 g/mol. The molecular weight excluding hydrogens is 435 g/mol. The summed E-state index contributed by atoms with van der Waals surface area (Å²) in [6.07, 6.45) is 3.49. The highest BCUT2D eigenvalue weighted by Gasteiger charge is 2.38. The van der Waals surface area contributed by atoms with E-state index in [2.05, 4.69) is 15.7 Å². The normalized spacial score (nSPS) is 17.6. The summed E-state index contributed by atoms with van der Waals surface area (Å²) in [5, 5.41) is 11.8. The molecule has 0 spiro atoms. The van der Waals surface area contributed by atoms with Crippen molar-refractivity contribution in [1.29, 1.82) is 0 Å². The zero-order valence-electron chi connectivity index (χ0n) is 16.4. The van der Waals surface area contributed by atoms with E-state index >= 15 is 0 Å². The predicted octanol–water partition coefficient (Wildman–Crippen LogP) is 5.46. The highest BCUT2D eigenvalue weighted by molar-refractivity contribution is 6.31. The Morgan fingerprint density at radius 2 is 1.87 bits per heavy atom. The molecule has 1 atom stereocenters. The average molecular weight is 453 g/mol. The van der Waals surface area contributed by atoms with Crippen LogP contribution in [0.4, 0.5) is 11.5 Å². The van der Waals surface area contributed by atoms with Gasteiger partial charge in [-0.05, 0) is 48.7 Å². The fraction of sp³-hybridized carbons (Fsp3) is 0.174. The molecule has 2 N–H and O–H groups in total. The summed E-state index contributed by atoms with van der Waals surface area (Å²) >= 11 is 12.4. The maximum atomic E-state index is 13.0. The van der Waals surface area contributed by atoms with Gasteiger partial charge in [-0.15, -0.1) is 0 Å². The van der Waals surface area contributed by atoms with E-state index in [9.17, 15) is 9.59 Å². The Kier molecular flexibility index (Phi) is 5.04. The Labute approximate surface area is 188 Å². The van der Waals surface area contributed by atoms with Crippen LogP contribution in [0.1, 0.15) is 41.2 Å². The van der Waals surface area contributed by atoms with Gasteiger partial charge in [0, 0.05) is 33.4 Å². The second-order valence-corrected chi connectivity index (χ2v) is 8.37. The number of Topliss-reactive ketones (excluding diaryl/α,β-unsaturated/α-hetero) is 1. The predicted molar refractivity (Wildman–Crippen MR) is 121 cm³/mol. The Hall–Kier alpha value is -3.09.